The molecule has 0 amide bonds. The Labute approximate surface area is 177 Å². The van der Waals surface area contributed by atoms with Crippen molar-refractivity contribution in [2.45, 2.75) is 13.8 Å². The van der Waals surface area contributed by atoms with Crippen LogP contribution in [0.25, 0.3) is 33.4 Å². The molecule has 6 heteroatoms. The van der Waals surface area contributed by atoms with Crippen LogP contribution in [0.4, 0.5) is 0 Å². The van der Waals surface area contributed by atoms with E-state index < -0.39 is 0 Å². The number of carbonyl (C=O) groups is 1. The normalized spacial score (nSPS) is 11.3. The van der Waals surface area contributed by atoms with Gasteiger partial charge in [-0.1, -0.05) is 18.2 Å². The van der Waals surface area contributed by atoms with Gasteiger partial charge in [0.05, 0.1) is 11.6 Å². The maximum Gasteiger partial charge on any atom is 0.235 e. The Hall–Kier alpha value is -4.06. The molecule has 0 spiro atoms. The number of carbonyl (C=O) groups excluding carboxylic acids is 1. The smallest absolute Gasteiger partial charge is 0.235 e. The number of aromatic amines is 1. The number of benzene rings is 2. The van der Waals surface area contributed by atoms with Crippen LogP contribution in [0.1, 0.15) is 21.5 Å². The van der Waals surface area contributed by atoms with Crippen LogP contribution >= 0.6 is 0 Å². The fourth-order valence-electron chi connectivity index (χ4n) is 3.65. The van der Waals surface area contributed by atoms with E-state index >= 15 is 0 Å². The van der Waals surface area contributed by atoms with Crippen molar-refractivity contribution in [3.8, 4) is 17.3 Å². The van der Waals surface area contributed by atoms with Gasteiger partial charge in [-0.15, -0.1) is 0 Å². The van der Waals surface area contributed by atoms with Crippen LogP contribution in [0.15, 0.2) is 74.6 Å². The number of aryl methyl sites for hydroxylation is 2. The largest absolute Gasteiger partial charge is 0.478 e. The van der Waals surface area contributed by atoms with E-state index in [-0.39, 0.29) is 29.3 Å². The Bertz CT molecular complexity index is 1490. The second kappa shape index (κ2) is 7.32. The third-order valence-electron chi connectivity index (χ3n) is 5.45. The summed E-state index contributed by atoms with van der Waals surface area (Å²) in [6.45, 7) is 3.57. The number of Topliss-reactive ketones (excluding diaryl/α,β-unsaturated/α-hetero) is 1. The molecule has 3 aromatic heterocycles. The molecule has 3 heterocycles. The van der Waals surface area contributed by atoms with Crippen molar-refractivity contribution >= 4 is 27.7 Å². The molecule has 0 bridgehead atoms. The Morgan fingerprint density at radius 1 is 1.03 bits per heavy atom. The van der Waals surface area contributed by atoms with Crippen LogP contribution < -0.4 is 10.2 Å². The lowest BCUT2D eigenvalue weighted by Crippen LogP contribution is -2.17. The molecule has 6 nitrogen and oxygen atoms in total. The summed E-state index contributed by atoms with van der Waals surface area (Å²) < 4.78 is 17.2. The van der Waals surface area contributed by atoms with Gasteiger partial charge in [-0.2, -0.15) is 0 Å². The van der Waals surface area contributed by atoms with Crippen LogP contribution in [-0.2, 0) is 0 Å². The van der Waals surface area contributed by atoms with Crippen molar-refractivity contribution in [1.29, 1.82) is 0 Å². The number of fused-ring (bicyclic) bond motifs is 2. The average Bonchev–Trinajstić information content (AvgIpc) is 3.44. The minimum Gasteiger partial charge on any atom is -0.478 e. The molecule has 0 unspecified atom stereocenters. The quantitative estimate of drug-likeness (QED) is 0.389. The molecule has 0 saturated carbocycles. The van der Waals surface area contributed by atoms with Gasteiger partial charge in [-0.05, 0) is 55.3 Å². The molecule has 0 saturated heterocycles. The molecule has 0 aliphatic rings. The van der Waals surface area contributed by atoms with Gasteiger partial charge in [0.25, 0.3) is 0 Å². The van der Waals surface area contributed by atoms with Crippen molar-refractivity contribution in [3.05, 3.63) is 87.9 Å². The zero-order valence-electron chi connectivity index (χ0n) is 17.0. The number of ether oxygens (including phenoxy) is 1. The first kappa shape index (κ1) is 18.9. The zero-order valence-corrected chi connectivity index (χ0v) is 17.0. The minimum absolute atomic E-state index is 0.0427. The van der Waals surface area contributed by atoms with Gasteiger partial charge in [0.1, 0.15) is 5.58 Å². The summed E-state index contributed by atoms with van der Waals surface area (Å²) in [5.41, 5.74) is 3.43. The molecule has 0 fully saturated rings. The van der Waals surface area contributed by atoms with Gasteiger partial charge in [0.15, 0.2) is 12.4 Å². The molecule has 2 aromatic carbocycles. The third-order valence-corrected chi connectivity index (χ3v) is 5.45. The standard InChI is InChI=1S/C25H19NO5/c1-14-10-17-22(11-15(14)2)31-24(21-8-5-9-29-21)25(23(17)28)30-13-20(27)18-12-26-19-7-4-3-6-16(18)19/h3-12,26H,13H2,1-2H3. The molecule has 5 rings (SSSR count). The van der Waals surface area contributed by atoms with E-state index in [1.165, 1.54) is 6.26 Å². The first-order valence-electron chi connectivity index (χ1n) is 9.87. The Morgan fingerprint density at radius 3 is 2.65 bits per heavy atom. The molecule has 0 aliphatic carbocycles. The first-order chi connectivity index (χ1) is 15.0. The number of hydrogen-bond acceptors (Lipinski definition) is 5. The van der Waals surface area contributed by atoms with Gasteiger partial charge < -0.3 is 18.6 Å². The van der Waals surface area contributed by atoms with Crippen LogP contribution in [0, 0.1) is 13.8 Å². The highest BCUT2D eigenvalue weighted by molar-refractivity contribution is 6.08. The summed E-state index contributed by atoms with van der Waals surface area (Å²) in [4.78, 5) is 29.2. The van der Waals surface area contributed by atoms with Gasteiger partial charge in [-0.3, -0.25) is 9.59 Å². The van der Waals surface area contributed by atoms with Crippen molar-refractivity contribution < 1.29 is 18.4 Å². The summed E-state index contributed by atoms with van der Waals surface area (Å²) in [5.74, 6) is 0.227. The average molecular weight is 413 g/mol. The van der Waals surface area contributed by atoms with E-state index in [0.717, 1.165) is 22.0 Å². The molecule has 0 radical (unpaired) electrons. The van der Waals surface area contributed by atoms with Gasteiger partial charge >= 0.3 is 0 Å². The number of para-hydroxylation sites is 1. The predicted octanol–water partition coefficient (Wildman–Crippen LogP) is 5.41. The van der Waals surface area contributed by atoms with E-state index in [1.54, 1.807) is 24.4 Å². The highest BCUT2D eigenvalue weighted by atomic mass is 16.5. The number of H-pyrrole nitrogens is 1. The number of hydrogen-bond donors (Lipinski definition) is 1. The molecule has 154 valence electrons. The summed E-state index contributed by atoms with van der Waals surface area (Å²) in [5, 5.41) is 1.20. The van der Waals surface area contributed by atoms with E-state index in [9.17, 15) is 9.59 Å². The predicted molar refractivity (Wildman–Crippen MR) is 118 cm³/mol. The molecule has 0 atom stereocenters. The number of furan rings is 1. The maximum atomic E-state index is 13.3. The second-order valence-electron chi connectivity index (χ2n) is 7.46. The first-order valence-corrected chi connectivity index (χ1v) is 9.87. The van der Waals surface area contributed by atoms with Crippen molar-refractivity contribution in [2.75, 3.05) is 6.61 Å². The molecule has 31 heavy (non-hydrogen) atoms. The van der Waals surface area contributed by atoms with Gasteiger partial charge in [0.2, 0.25) is 22.7 Å². The lowest BCUT2D eigenvalue weighted by molar-refractivity contribution is 0.0922. The maximum absolute atomic E-state index is 13.3. The summed E-state index contributed by atoms with van der Waals surface area (Å²) in [6, 6.07) is 14.5. The Morgan fingerprint density at radius 2 is 1.84 bits per heavy atom. The molecule has 5 aromatic rings. The summed E-state index contributed by atoms with van der Waals surface area (Å²) in [7, 11) is 0. The SMILES string of the molecule is Cc1cc2oc(-c3ccco3)c(OCC(=O)c3c[nH]c4ccccc34)c(=O)c2cc1C. The fraction of sp³-hybridized carbons (Fsp3) is 0.120. The molecule has 1 N–H and O–H groups in total. The van der Waals surface area contributed by atoms with Crippen molar-refractivity contribution in [3.63, 3.8) is 0 Å². The number of aromatic nitrogens is 1. The van der Waals surface area contributed by atoms with Crippen LogP contribution in [0.5, 0.6) is 5.75 Å². The molecular formula is C25H19NO5. The van der Waals surface area contributed by atoms with Gasteiger partial charge in [-0.25, -0.2) is 0 Å². The fourth-order valence-corrected chi connectivity index (χ4v) is 3.65. The highest BCUT2D eigenvalue weighted by Crippen LogP contribution is 2.32. The van der Waals surface area contributed by atoms with E-state index in [2.05, 4.69) is 4.98 Å². The Kier molecular flexibility index (Phi) is 4.47. The van der Waals surface area contributed by atoms with Crippen LogP contribution in [0.3, 0.4) is 0 Å². The van der Waals surface area contributed by atoms with Crippen molar-refractivity contribution in [2.24, 2.45) is 0 Å². The Balaban J connectivity index is 1.57. The summed E-state index contributed by atoms with van der Waals surface area (Å²) >= 11 is 0. The van der Waals surface area contributed by atoms with E-state index in [4.69, 9.17) is 13.6 Å². The summed E-state index contributed by atoms with van der Waals surface area (Å²) in [6.07, 6.45) is 3.14. The van der Waals surface area contributed by atoms with E-state index in [0.29, 0.717) is 22.3 Å². The molecular weight excluding hydrogens is 394 g/mol. The zero-order chi connectivity index (χ0) is 21.5. The van der Waals surface area contributed by atoms with Crippen molar-refractivity contribution in [1.82, 2.24) is 4.98 Å². The topological polar surface area (TPSA) is 85.4 Å². The highest BCUT2D eigenvalue weighted by Gasteiger charge is 2.22. The second-order valence-corrected chi connectivity index (χ2v) is 7.46. The number of rotatable bonds is 5. The van der Waals surface area contributed by atoms with Crippen LogP contribution in [-0.4, -0.2) is 17.4 Å². The third kappa shape index (κ3) is 3.22. The van der Waals surface area contributed by atoms with Gasteiger partial charge in [0, 0.05) is 22.7 Å². The minimum atomic E-state index is -0.345. The number of nitrogens with one attached hydrogen (secondary N) is 1. The monoisotopic (exact) mass is 413 g/mol. The molecule has 0 aliphatic heterocycles. The lowest BCUT2D eigenvalue weighted by Gasteiger charge is -2.11. The number of ketones is 1. The lowest BCUT2D eigenvalue weighted by atomic mass is 10.1. The van der Waals surface area contributed by atoms with Crippen LogP contribution in [0.2, 0.25) is 0 Å². The van der Waals surface area contributed by atoms with E-state index in [1.807, 2.05) is 44.2 Å².